The van der Waals surface area contributed by atoms with Crippen LogP contribution < -0.4 is 4.74 Å². The van der Waals surface area contributed by atoms with Crippen LogP contribution in [0.2, 0.25) is 0 Å². The Morgan fingerprint density at radius 3 is 2.71 bits per heavy atom. The van der Waals surface area contributed by atoms with E-state index in [9.17, 15) is 9.59 Å². The van der Waals surface area contributed by atoms with Gasteiger partial charge in [0.2, 0.25) is 5.91 Å². The number of thioether (sulfide) groups is 1. The van der Waals surface area contributed by atoms with E-state index in [2.05, 4.69) is 6.92 Å². The Balaban J connectivity index is 1.68. The first kappa shape index (κ1) is 20.9. The summed E-state index contributed by atoms with van der Waals surface area (Å²) in [5.74, 6) is 0.595. The molecule has 0 aromatic heterocycles. The molecule has 0 unspecified atom stereocenters. The van der Waals surface area contributed by atoms with Crippen LogP contribution in [0.3, 0.4) is 0 Å². The largest absolute Gasteiger partial charge is 0.494 e. The van der Waals surface area contributed by atoms with Gasteiger partial charge in [-0.05, 0) is 56.4 Å². The first-order valence-corrected chi connectivity index (χ1v) is 11.0. The third-order valence-corrected chi connectivity index (χ3v) is 6.45. The van der Waals surface area contributed by atoms with E-state index in [-0.39, 0.29) is 24.4 Å². The van der Waals surface area contributed by atoms with Crippen LogP contribution in [0.1, 0.15) is 45.1 Å². The van der Waals surface area contributed by atoms with Crippen LogP contribution in [-0.2, 0) is 9.59 Å². The van der Waals surface area contributed by atoms with Crippen molar-refractivity contribution in [2.75, 3.05) is 19.7 Å². The molecule has 2 aliphatic rings. The van der Waals surface area contributed by atoms with Crippen molar-refractivity contribution in [2.45, 2.75) is 45.6 Å². The van der Waals surface area contributed by atoms with Gasteiger partial charge in [0.25, 0.3) is 5.91 Å². The fourth-order valence-electron chi connectivity index (χ4n) is 3.59. The van der Waals surface area contributed by atoms with Crippen LogP contribution in [0.4, 0.5) is 0 Å². The summed E-state index contributed by atoms with van der Waals surface area (Å²) in [6.07, 6.45) is 5.99. The zero-order valence-electron chi connectivity index (χ0n) is 16.3. The number of hydrogen-bond acceptors (Lipinski definition) is 5. The maximum atomic E-state index is 12.8. The minimum Gasteiger partial charge on any atom is -0.494 e. The quantitative estimate of drug-likeness (QED) is 0.515. The van der Waals surface area contributed by atoms with Crippen molar-refractivity contribution < 1.29 is 14.3 Å². The molecular formula is C21H26N2O3S2. The molecule has 3 rings (SSSR count). The standard InChI is InChI=1S/C21H26N2O3S2/c1-3-16-7-5-6-12-22(16)19(24)14-23-20(25)18(28-21(23)27)13-15-8-10-17(11-9-15)26-4-2/h8-11,13,16H,3-7,12,14H2,1-2H3/b18-13-/t16-/m0/s1. The summed E-state index contributed by atoms with van der Waals surface area (Å²) >= 11 is 6.63. The summed E-state index contributed by atoms with van der Waals surface area (Å²) in [6, 6.07) is 7.84. The molecule has 1 aromatic carbocycles. The molecule has 2 saturated heterocycles. The Morgan fingerprint density at radius 1 is 1.29 bits per heavy atom. The van der Waals surface area contributed by atoms with Gasteiger partial charge in [0.15, 0.2) is 0 Å². The van der Waals surface area contributed by atoms with E-state index in [1.165, 1.54) is 16.7 Å². The number of amides is 2. The monoisotopic (exact) mass is 418 g/mol. The molecule has 1 atom stereocenters. The van der Waals surface area contributed by atoms with Crippen molar-refractivity contribution in [1.29, 1.82) is 0 Å². The number of ether oxygens (including phenoxy) is 1. The van der Waals surface area contributed by atoms with Crippen LogP contribution in [0.25, 0.3) is 6.08 Å². The normalized spacial score (nSPS) is 21.5. The number of benzene rings is 1. The summed E-state index contributed by atoms with van der Waals surface area (Å²) < 4.78 is 5.89. The molecule has 0 aliphatic carbocycles. The Hall–Kier alpha value is -1.86. The van der Waals surface area contributed by atoms with Crippen molar-refractivity contribution >= 4 is 46.2 Å². The summed E-state index contributed by atoms with van der Waals surface area (Å²) in [7, 11) is 0. The van der Waals surface area contributed by atoms with Gasteiger partial charge in [-0.1, -0.05) is 43.0 Å². The Morgan fingerprint density at radius 2 is 2.04 bits per heavy atom. The van der Waals surface area contributed by atoms with Gasteiger partial charge < -0.3 is 9.64 Å². The molecule has 0 saturated carbocycles. The molecule has 2 fully saturated rings. The smallest absolute Gasteiger partial charge is 0.266 e. The number of rotatable bonds is 6. The molecule has 2 aliphatic heterocycles. The molecule has 2 amide bonds. The molecule has 0 spiro atoms. The van der Waals surface area contributed by atoms with Gasteiger partial charge in [0.05, 0.1) is 11.5 Å². The number of likely N-dealkylation sites (tertiary alicyclic amines) is 1. The fourth-order valence-corrected chi connectivity index (χ4v) is 4.85. The zero-order chi connectivity index (χ0) is 20.1. The van der Waals surface area contributed by atoms with E-state index in [4.69, 9.17) is 17.0 Å². The van der Waals surface area contributed by atoms with Gasteiger partial charge in [-0.25, -0.2) is 0 Å². The minimum absolute atomic E-state index is 0.00910. The van der Waals surface area contributed by atoms with Crippen LogP contribution in [0.5, 0.6) is 5.75 Å². The average Bonchev–Trinajstić information content (AvgIpc) is 2.97. The topological polar surface area (TPSA) is 49.9 Å². The lowest BCUT2D eigenvalue weighted by Gasteiger charge is -2.36. The van der Waals surface area contributed by atoms with E-state index < -0.39 is 0 Å². The maximum absolute atomic E-state index is 12.8. The Labute approximate surface area is 176 Å². The second-order valence-electron chi connectivity index (χ2n) is 6.91. The molecule has 28 heavy (non-hydrogen) atoms. The number of carbonyl (C=O) groups excluding carboxylic acids is 2. The predicted molar refractivity (Wildman–Crippen MR) is 117 cm³/mol. The van der Waals surface area contributed by atoms with Crippen LogP contribution in [-0.4, -0.2) is 51.7 Å². The second kappa shape index (κ2) is 9.56. The number of nitrogens with zero attached hydrogens (tertiary/aromatic N) is 2. The zero-order valence-corrected chi connectivity index (χ0v) is 18.0. The van der Waals surface area contributed by atoms with E-state index in [0.29, 0.717) is 15.8 Å². The molecule has 1 aromatic rings. The summed E-state index contributed by atoms with van der Waals surface area (Å²) in [5, 5.41) is 0. The van der Waals surface area contributed by atoms with Crippen molar-refractivity contribution in [2.24, 2.45) is 0 Å². The highest BCUT2D eigenvalue weighted by atomic mass is 32.2. The Kier molecular flexibility index (Phi) is 7.13. The molecule has 7 heteroatoms. The van der Waals surface area contributed by atoms with Gasteiger partial charge in [-0.15, -0.1) is 0 Å². The lowest BCUT2D eigenvalue weighted by Crippen LogP contribution is -2.48. The number of thiocarbonyl (C=S) groups is 1. The Bertz CT molecular complexity index is 776. The highest BCUT2D eigenvalue weighted by Gasteiger charge is 2.35. The molecular weight excluding hydrogens is 392 g/mol. The van der Waals surface area contributed by atoms with E-state index >= 15 is 0 Å². The van der Waals surface area contributed by atoms with Crippen molar-refractivity contribution in [1.82, 2.24) is 9.80 Å². The third-order valence-electron chi connectivity index (χ3n) is 5.07. The first-order valence-electron chi connectivity index (χ1n) is 9.81. The SMILES string of the molecule is CCOc1ccc(/C=C2\SC(=S)N(CC(=O)N3CCCC[C@@H]3CC)C2=O)cc1. The molecule has 2 heterocycles. The predicted octanol–water partition coefficient (Wildman–Crippen LogP) is 4.08. The first-order chi connectivity index (χ1) is 13.5. The maximum Gasteiger partial charge on any atom is 0.266 e. The number of hydrogen-bond donors (Lipinski definition) is 0. The van der Waals surface area contributed by atoms with Gasteiger partial charge in [0, 0.05) is 12.6 Å². The van der Waals surface area contributed by atoms with Crippen LogP contribution in [0, 0.1) is 0 Å². The molecule has 5 nitrogen and oxygen atoms in total. The molecule has 0 bridgehead atoms. The van der Waals surface area contributed by atoms with Gasteiger partial charge in [0.1, 0.15) is 16.6 Å². The summed E-state index contributed by atoms with van der Waals surface area (Å²) in [4.78, 5) is 29.5. The lowest BCUT2D eigenvalue weighted by molar-refractivity contribution is -0.138. The number of carbonyl (C=O) groups is 2. The van der Waals surface area contributed by atoms with Crippen molar-refractivity contribution in [3.8, 4) is 5.75 Å². The van der Waals surface area contributed by atoms with Crippen molar-refractivity contribution in [3.63, 3.8) is 0 Å². The van der Waals surface area contributed by atoms with E-state index in [1.807, 2.05) is 42.2 Å². The highest BCUT2D eigenvalue weighted by Crippen LogP contribution is 2.33. The average molecular weight is 419 g/mol. The van der Waals surface area contributed by atoms with Gasteiger partial charge in [-0.3, -0.25) is 14.5 Å². The lowest BCUT2D eigenvalue weighted by atomic mass is 10.00. The molecule has 0 N–H and O–H groups in total. The fraction of sp³-hybridized carbons (Fsp3) is 0.476. The van der Waals surface area contributed by atoms with Crippen molar-refractivity contribution in [3.05, 3.63) is 34.7 Å². The van der Waals surface area contributed by atoms with Gasteiger partial charge >= 0.3 is 0 Å². The van der Waals surface area contributed by atoms with Crippen LogP contribution >= 0.6 is 24.0 Å². The summed E-state index contributed by atoms with van der Waals surface area (Å²) in [5.41, 5.74) is 0.900. The molecule has 150 valence electrons. The molecule has 0 radical (unpaired) electrons. The highest BCUT2D eigenvalue weighted by molar-refractivity contribution is 8.26. The minimum atomic E-state index is -0.192. The van der Waals surface area contributed by atoms with E-state index in [1.54, 1.807) is 0 Å². The van der Waals surface area contributed by atoms with E-state index in [0.717, 1.165) is 43.5 Å². The second-order valence-corrected chi connectivity index (χ2v) is 8.59. The third kappa shape index (κ3) is 4.75. The number of piperidine rings is 1. The van der Waals surface area contributed by atoms with Gasteiger partial charge in [-0.2, -0.15) is 0 Å². The summed E-state index contributed by atoms with van der Waals surface area (Å²) in [6.45, 7) is 5.46. The van der Waals surface area contributed by atoms with Crippen LogP contribution in [0.15, 0.2) is 29.2 Å².